The van der Waals surface area contributed by atoms with Gasteiger partial charge in [0.05, 0.1) is 12.3 Å². The van der Waals surface area contributed by atoms with Crippen LogP contribution in [0.15, 0.2) is 70.9 Å². The van der Waals surface area contributed by atoms with Gasteiger partial charge in [0.2, 0.25) is 0 Å². The summed E-state index contributed by atoms with van der Waals surface area (Å²) in [5, 5.41) is 20.6. The Morgan fingerprint density at radius 3 is 2.70 bits per heavy atom. The molecule has 2 aromatic carbocycles. The van der Waals surface area contributed by atoms with Crippen LogP contribution in [0.3, 0.4) is 0 Å². The predicted molar refractivity (Wildman–Crippen MR) is 151 cm³/mol. The molecule has 208 valence electrons. The van der Waals surface area contributed by atoms with E-state index in [0.29, 0.717) is 17.6 Å². The van der Waals surface area contributed by atoms with Gasteiger partial charge >= 0.3 is 6.03 Å². The van der Waals surface area contributed by atoms with Crippen LogP contribution >= 0.6 is 0 Å². The first-order valence-corrected chi connectivity index (χ1v) is 13.0. The van der Waals surface area contributed by atoms with E-state index in [9.17, 15) is 13.6 Å². The molecule has 3 aromatic rings. The van der Waals surface area contributed by atoms with Crippen molar-refractivity contribution >= 4 is 24.0 Å². The smallest absolute Gasteiger partial charge is 0.315 e. The van der Waals surface area contributed by atoms with E-state index in [4.69, 9.17) is 11.1 Å². The minimum Gasteiger partial charge on any atom is -0.398 e. The summed E-state index contributed by atoms with van der Waals surface area (Å²) in [7, 11) is 0. The maximum Gasteiger partial charge on any atom is 0.315 e. The number of nitrogens with zero attached hydrogens (tertiary/aromatic N) is 3. The van der Waals surface area contributed by atoms with Gasteiger partial charge in [0.25, 0.3) is 0 Å². The Bertz CT molecular complexity index is 1450. The molecule has 1 aliphatic carbocycles. The van der Waals surface area contributed by atoms with Crippen LogP contribution in [0.2, 0.25) is 0 Å². The number of hydrogen-bond acceptors (Lipinski definition) is 6. The lowest BCUT2D eigenvalue weighted by Crippen LogP contribution is -2.38. The van der Waals surface area contributed by atoms with Gasteiger partial charge in [0, 0.05) is 53.5 Å². The molecule has 1 aromatic heterocycles. The summed E-state index contributed by atoms with van der Waals surface area (Å²) in [5.74, 6) is -0.0433. The number of rotatable bonds is 11. The monoisotopic (exact) mass is 546 g/mol. The van der Waals surface area contributed by atoms with Crippen LogP contribution < -0.4 is 16.4 Å². The van der Waals surface area contributed by atoms with Gasteiger partial charge in [-0.15, -0.1) is 0 Å². The van der Waals surface area contributed by atoms with Crippen molar-refractivity contribution in [3.8, 4) is 0 Å². The van der Waals surface area contributed by atoms with E-state index in [-0.39, 0.29) is 53.6 Å². The highest BCUT2D eigenvalue weighted by Crippen LogP contribution is 2.40. The maximum atomic E-state index is 14.8. The van der Waals surface area contributed by atoms with Crippen LogP contribution in [-0.2, 0) is 0 Å². The highest BCUT2D eigenvalue weighted by molar-refractivity contribution is 6.24. The van der Waals surface area contributed by atoms with Crippen molar-refractivity contribution in [1.29, 1.82) is 5.41 Å². The summed E-state index contributed by atoms with van der Waals surface area (Å²) >= 11 is 0. The Labute approximate surface area is 231 Å². The number of aromatic nitrogens is 3. The molecule has 0 spiro atoms. The SMILES string of the molecule is CC(C)c1nc(/C=C\C(N)=C(\C=N)C(=NCCNC(=O)NC2C[C@H]2c2ccccc2)c2ccc(F)cc2F)n[nH]1. The molecule has 2 atom stereocenters. The molecule has 9 nitrogen and oxygen atoms in total. The van der Waals surface area contributed by atoms with E-state index in [1.165, 1.54) is 17.7 Å². The summed E-state index contributed by atoms with van der Waals surface area (Å²) < 4.78 is 28.4. The lowest BCUT2D eigenvalue weighted by atomic mass is 10.00. The molecule has 2 amide bonds. The summed E-state index contributed by atoms with van der Waals surface area (Å²) in [6.45, 7) is 4.17. The Hall–Kier alpha value is -4.67. The summed E-state index contributed by atoms with van der Waals surface area (Å²) in [6.07, 6.45) is 4.88. The number of carbonyl (C=O) groups excluding carboxylic acids is 1. The second kappa shape index (κ2) is 12.9. The molecule has 0 saturated heterocycles. The quantitative estimate of drug-likeness (QED) is 0.138. The number of urea groups is 1. The fraction of sp³-hybridized carbons (Fsp3) is 0.276. The van der Waals surface area contributed by atoms with Gasteiger partial charge in [-0.2, -0.15) is 5.10 Å². The zero-order chi connectivity index (χ0) is 28.6. The molecule has 0 bridgehead atoms. The summed E-state index contributed by atoms with van der Waals surface area (Å²) in [5.41, 5.74) is 7.70. The molecule has 4 rings (SSSR count). The largest absolute Gasteiger partial charge is 0.398 e. The number of H-pyrrole nitrogens is 1. The number of carbonyl (C=O) groups is 1. The third kappa shape index (κ3) is 7.25. The van der Waals surface area contributed by atoms with Gasteiger partial charge in [-0.3, -0.25) is 10.1 Å². The molecule has 11 heteroatoms. The van der Waals surface area contributed by atoms with Gasteiger partial charge < -0.3 is 21.8 Å². The first-order chi connectivity index (χ1) is 19.3. The van der Waals surface area contributed by atoms with Crippen molar-refractivity contribution in [2.24, 2.45) is 10.7 Å². The van der Waals surface area contributed by atoms with Gasteiger partial charge in [-0.1, -0.05) is 44.2 Å². The van der Waals surface area contributed by atoms with Crippen molar-refractivity contribution in [2.45, 2.75) is 38.1 Å². The van der Waals surface area contributed by atoms with Gasteiger partial charge in [0.15, 0.2) is 5.82 Å². The Kier molecular flexibility index (Phi) is 9.15. The normalized spacial score (nSPS) is 17.6. The molecular formula is C29H32F2N8O. The van der Waals surface area contributed by atoms with Crippen molar-refractivity contribution in [3.63, 3.8) is 0 Å². The van der Waals surface area contributed by atoms with Crippen molar-refractivity contribution in [1.82, 2.24) is 25.8 Å². The van der Waals surface area contributed by atoms with E-state index >= 15 is 0 Å². The van der Waals surface area contributed by atoms with E-state index in [1.54, 1.807) is 6.08 Å². The third-order valence-corrected chi connectivity index (χ3v) is 6.38. The van der Waals surface area contributed by atoms with E-state index in [0.717, 1.165) is 24.8 Å². The topological polar surface area (TPSA) is 145 Å². The number of aliphatic imine (C=N–C) groups is 1. The van der Waals surface area contributed by atoms with Crippen molar-refractivity contribution in [3.05, 3.63) is 100 Å². The molecule has 1 aliphatic rings. The molecule has 1 heterocycles. The van der Waals surface area contributed by atoms with Crippen LogP contribution in [0.1, 0.15) is 54.9 Å². The van der Waals surface area contributed by atoms with Crippen molar-refractivity contribution < 1.29 is 13.6 Å². The van der Waals surface area contributed by atoms with E-state index in [2.05, 4.69) is 30.8 Å². The average molecular weight is 547 g/mol. The zero-order valence-corrected chi connectivity index (χ0v) is 22.3. The van der Waals surface area contributed by atoms with Gasteiger partial charge in [0.1, 0.15) is 17.5 Å². The van der Waals surface area contributed by atoms with E-state index in [1.807, 2.05) is 44.2 Å². The van der Waals surface area contributed by atoms with Crippen LogP contribution in [0.5, 0.6) is 0 Å². The minimum atomic E-state index is -0.850. The molecule has 0 aliphatic heterocycles. The number of allylic oxidation sites excluding steroid dienone is 2. The second-order valence-corrected chi connectivity index (χ2v) is 9.69. The maximum absolute atomic E-state index is 14.8. The second-order valence-electron chi connectivity index (χ2n) is 9.69. The van der Waals surface area contributed by atoms with E-state index < -0.39 is 11.6 Å². The molecule has 0 radical (unpaired) electrons. The average Bonchev–Trinajstić information content (AvgIpc) is 3.52. The van der Waals surface area contributed by atoms with Crippen LogP contribution in [0, 0.1) is 17.0 Å². The number of hydrogen-bond donors (Lipinski definition) is 5. The fourth-order valence-electron chi connectivity index (χ4n) is 4.14. The Balaban J connectivity index is 1.46. The first kappa shape index (κ1) is 28.3. The summed E-state index contributed by atoms with van der Waals surface area (Å²) in [4.78, 5) is 21.2. The Morgan fingerprint density at radius 1 is 1.25 bits per heavy atom. The van der Waals surface area contributed by atoms with Gasteiger partial charge in [-0.25, -0.2) is 18.6 Å². The summed E-state index contributed by atoms with van der Waals surface area (Å²) in [6, 6.07) is 12.8. The molecule has 40 heavy (non-hydrogen) atoms. The molecule has 1 saturated carbocycles. The number of amides is 2. The van der Waals surface area contributed by atoms with Crippen LogP contribution in [0.25, 0.3) is 6.08 Å². The number of nitrogens with one attached hydrogen (secondary N) is 4. The minimum absolute atomic E-state index is 0.0237. The van der Waals surface area contributed by atoms with Crippen LogP contribution in [-0.4, -0.2) is 52.3 Å². The molecular weight excluding hydrogens is 514 g/mol. The highest BCUT2D eigenvalue weighted by Gasteiger charge is 2.39. The lowest BCUT2D eigenvalue weighted by molar-refractivity contribution is 0.240. The highest BCUT2D eigenvalue weighted by atomic mass is 19.1. The predicted octanol–water partition coefficient (Wildman–Crippen LogP) is 4.43. The molecule has 1 unspecified atom stereocenters. The lowest BCUT2D eigenvalue weighted by Gasteiger charge is -2.12. The molecule has 6 N–H and O–H groups in total. The number of nitrogens with two attached hydrogens (primary N) is 1. The number of halogens is 2. The number of aromatic amines is 1. The molecule has 1 fully saturated rings. The van der Waals surface area contributed by atoms with Crippen LogP contribution in [0.4, 0.5) is 13.6 Å². The standard InChI is InChI=1S/C29H32F2N8O/c1-17(2)28-37-26(38-39-28)11-10-24(33)22(16-32)27(20-9-8-19(30)14-23(20)31)34-12-13-35-29(40)36-25-15-21(25)18-6-4-3-5-7-18/h3-11,14,16-17,21,25,32H,12-13,15,33H2,1-2H3,(H2,35,36,40)(H,37,38,39)/b11-10-,24-22+,32-16?,34-27?/t21-,25?/m0/s1. The third-order valence-electron chi connectivity index (χ3n) is 6.38. The van der Waals surface area contributed by atoms with Gasteiger partial charge in [-0.05, 0) is 36.3 Å². The van der Waals surface area contributed by atoms with Crippen molar-refractivity contribution in [2.75, 3.05) is 13.1 Å². The number of benzene rings is 2. The zero-order valence-electron chi connectivity index (χ0n) is 22.3. The fourth-order valence-corrected chi connectivity index (χ4v) is 4.14. The first-order valence-electron chi connectivity index (χ1n) is 13.0. The Morgan fingerprint density at radius 2 is 2.02 bits per heavy atom.